The largest absolute Gasteiger partial charge is 0.442 e. The van der Waals surface area contributed by atoms with Crippen LogP contribution in [0.15, 0.2) is 48.2 Å². The zero-order chi connectivity index (χ0) is 23.4. The van der Waals surface area contributed by atoms with Crippen molar-refractivity contribution in [1.29, 1.82) is 0 Å². The number of pyridine rings is 1. The van der Waals surface area contributed by atoms with Gasteiger partial charge in [-0.05, 0) is 50.1 Å². The number of carbonyl (C=O) groups is 1. The number of aromatic nitrogens is 1. The Morgan fingerprint density at radius 2 is 2.12 bits per heavy atom. The molecule has 0 spiro atoms. The topological polar surface area (TPSA) is 62.1 Å². The molecule has 7 nitrogen and oxygen atoms in total. The maximum absolute atomic E-state index is 15.0. The normalized spacial score (nSPS) is 18.0. The van der Waals surface area contributed by atoms with E-state index < -0.39 is 6.09 Å². The van der Waals surface area contributed by atoms with Crippen LogP contribution in [-0.2, 0) is 4.74 Å². The first-order valence-electron chi connectivity index (χ1n) is 10.7. The van der Waals surface area contributed by atoms with E-state index in [1.807, 2.05) is 23.1 Å². The van der Waals surface area contributed by atoms with E-state index in [2.05, 4.69) is 15.1 Å². The summed E-state index contributed by atoms with van der Waals surface area (Å²) in [4.78, 5) is 24.3. The fourth-order valence-corrected chi connectivity index (χ4v) is 4.17. The van der Waals surface area contributed by atoms with Gasteiger partial charge in [0.2, 0.25) is 5.70 Å². The van der Waals surface area contributed by atoms with Crippen LogP contribution < -0.4 is 15.1 Å². The molecule has 1 aromatic carbocycles. The van der Waals surface area contributed by atoms with Gasteiger partial charge < -0.3 is 15.0 Å². The van der Waals surface area contributed by atoms with Crippen molar-refractivity contribution in [2.45, 2.75) is 25.9 Å². The van der Waals surface area contributed by atoms with E-state index in [-0.39, 0.29) is 11.9 Å². The summed E-state index contributed by atoms with van der Waals surface area (Å²) >= 11 is 4.99. The number of carbonyl (C=O) groups excluding carboxylic acids is 1. The van der Waals surface area contributed by atoms with Crippen molar-refractivity contribution in [3.05, 3.63) is 71.1 Å². The minimum absolute atomic E-state index is 0.331. The number of rotatable bonds is 5. The Balaban J connectivity index is 1.43. The first-order valence-corrected chi connectivity index (χ1v) is 11.1. The van der Waals surface area contributed by atoms with Gasteiger partial charge in [0.1, 0.15) is 11.9 Å². The number of thiocarbonyl (C=S) groups is 1. The maximum atomic E-state index is 15.0. The molecule has 0 aliphatic carbocycles. The Morgan fingerprint density at radius 1 is 1.33 bits per heavy atom. The minimum atomic E-state index is -0.495. The molecule has 0 radical (unpaired) electrons. The summed E-state index contributed by atoms with van der Waals surface area (Å²) in [7, 11) is 0. The predicted molar refractivity (Wildman–Crippen MR) is 129 cm³/mol. The van der Waals surface area contributed by atoms with Gasteiger partial charge in [-0.2, -0.15) is 0 Å². The van der Waals surface area contributed by atoms with Gasteiger partial charge in [0.05, 0.1) is 41.7 Å². The van der Waals surface area contributed by atoms with E-state index in [1.54, 1.807) is 25.3 Å². The van der Waals surface area contributed by atoms with E-state index in [9.17, 15) is 4.79 Å². The third-order valence-electron chi connectivity index (χ3n) is 5.76. The molecule has 1 atom stereocenters. The second kappa shape index (κ2) is 9.96. The predicted octanol–water partition coefficient (Wildman–Crippen LogP) is 4.41. The number of cyclic esters (lactones) is 1. The standard InChI is InChI=1S/C24H24FN5O2S/c1-16(33)28-14-19-15-30(24(31)32-19)18-6-7-22(20(25)13-18)29-11-8-17(9-12-29)23(26-2)21-5-3-4-10-27-21/h3-7,10,13,19H,8-9,11-12,14-15H2,1H3,(H,28,33)/t19-/m0/s1. The van der Waals surface area contributed by atoms with Crippen LogP contribution in [0.3, 0.4) is 0 Å². The molecule has 2 fully saturated rings. The van der Waals surface area contributed by atoms with Crippen molar-refractivity contribution in [1.82, 2.24) is 10.3 Å². The van der Waals surface area contributed by atoms with Gasteiger partial charge in [0.15, 0.2) is 0 Å². The van der Waals surface area contributed by atoms with E-state index >= 15 is 4.39 Å². The first kappa shape index (κ1) is 22.7. The summed E-state index contributed by atoms with van der Waals surface area (Å²) in [5.74, 6) is -0.390. The van der Waals surface area contributed by atoms with Crippen LogP contribution >= 0.6 is 12.2 Å². The second-order valence-corrected chi connectivity index (χ2v) is 8.57. The number of amides is 1. The molecule has 1 amide bonds. The molecule has 2 saturated heterocycles. The lowest BCUT2D eigenvalue weighted by Gasteiger charge is -2.31. The summed E-state index contributed by atoms with van der Waals surface area (Å²) in [6.07, 6.45) is 2.18. The van der Waals surface area contributed by atoms with Crippen LogP contribution in [0.2, 0.25) is 0 Å². The van der Waals surface area contributed by atoms with Crippen LogP contribution in [0.1, 0.15) is 25.5 Å². The SMILES string of the molecule is [C-]#[N+]C(=C1CCN(c2ccc(N3C[C@H](CNC(C)=S)OC3=O)cc2F)CC1)c1ccccn1. The van der Waals surface area contributed by atoms with Crippen LogP contribution in [0, 0.1) is 12.4 Å². The Labute approximate surface area is 197 Å². The van der Waals surface area contributed by atoms with Crippen molar-refractivity contribution in [3.8, 4) is 0 Å². The van der Waals surface area contributed by atoms with Crippen LogP contribution in [0.25, 0.3) is 10.5 Å². The Morgan fingerprint density at radius 3 is 2.76 bits per heavy atom. The van der Waals surface area contributed by atoms with Crippen molar-refractivity contribution in [2.24, 2.45) is 0 Å². The van der Waals surface area contributed by atoms with Gasteiger partial charge in [-0.3, -0.25) is 9.88 Å². The number of nitrogens with one attached hydrogen (secondary N) is 1. The van der Waals surface area contributed by atoms with Gasteiger partial charge in [0.25, 0.3) is 0 Å². The molecule has 0 saturated carbocycles. The number of benzene rings is 1. The summed E-state index contributed by atoms with van der Waals surface area (Å²) < 4.78 is 20.4. The molecule has 2 aliphatic heterocycles. The number of piperidine rings is 1. The monoisotopic (exact) mass is 465 g/mol. The molecule has 2 aromatic rings. The smallest absolute Gasteiger partial charge is 0.414 e. The van der Waals surface area contributed by atoms with Gasteiger partial charge in [-0.25, -0.2) is 14.0 Å². The highest BCUT2D eigenvalue weighted by atomic mass is 32.1. The molecule has 1 N–H and O–H groups in total. The molecule has 0 bridgehead atoms. The van der Waals surface area contributed by atoms with Gasteiger partial charge >= 0.3 is 6.09 Å². The number of nitrogens with zero attached hydrogens (tertiary/aromatic N) is 4. The van der Waals surface area contributed by atoms with E-state index in [0.29, 0.717) is 66.8 Å². The summed E-state index contributed by atoms with van der Waals surface area (Å²) in [5, 5.41) is 2.99. The van der Waals surface area contributed by atoms with Crippen LogP contribution in [0.5, 0.6) is 0 Å². The average molecular weight is 466 g/mol. The third kappa shape index (κ3) is 5.12. The van der Waals surface area contributed by atoms with Gasteiger partial charge in [-0.15, -0.1) is 0 Å². The first-order chi connectivity index (χ1) is 16.0. The lowest BCUT2D eigenvalue weighted by atomic mass is 9.99. The lowest BCUT2D eigenvalue weighted by molar-refractivity contribution is 0.143. The summed E-state index contributed by atoms with van der Waals surface area (Å²) in [5.41, 5.74) is 3.26. The Hall–Kier alpha value is -3.51. The number of ether oxygens (including phenoxy) is 1. The summed E-state index contributed by atoms with van der Waals surface area (Å²) in [6, 6.07) is 10.3. The van der Waals surface area contributed by atoms with Crippen molar-refractivity contribution in [3.63, 3.8) is 0 Å². The van der Waals surface area contributed by atoms with Crippen molar-refractivity contribution < 1.29 is 13.9 Å². The summed E-state index contributed by atoms with van der Waals surface area (Å²) in [6.45, 7) is 11.3. The van der Waals surface area contributed by atoms with E-state index in [4.69, 9.17) is 23.5 Å². The molecule has 33 heavy (non-hydrogen) atoms. The molecule has 4 rings (SSSR count). The highest BCUT2D eigenvalue weighted by Gasteiger charge is 2.33. The van der Waals surface area contributed by atoms with Crippen LogP contribution in [0.4, 0.5) is 20.6 Å². The zero-order valence-corrected chi connectivity index (χ0v) is 19.1. The molecule has 1 aromatic heterocycles. The molecular formula is C24H24FN5O2S. The molecule has 9 heteroatoms. The van der Waals surface area contributed by atoms with E-state index in [1.165, 1.54) is 11.0 Å². The Bertz CT molecular complexity index is 1120. The lowest BCUT2D eigenvalue weighted by Crippen LogP contribution is -2.33. The number of anilines is 2. The zero-order valence-electron chi connectivity index (χ0n) is 18.3. The highest BCUT2D eigenvalue weighted by Crippen LogP contribution is 2.32. The maximum Gasteiger partial charge on any atom is 0.414 e. The fourth-order valence-electron chi connectivity index (χ4n) is 4.09. The van der Waals surface area contributed by atoms with Crippen molar-refractivity contribution in [2.75, 3.05) is 36.0 Å². The quantitative estimate of drug-likeness (QED) is 0.521. The fraction of sp³-hybridized carbons (Fsp3) is 0.333. The number of hydrogen-bond donors (Lipinski definition) is 1. The molecule has 0 unspecified atom stereocenters. The average Bonchev–Trinajstić information content (AvgIpc) is 3.20. The number of halogens is 1. The molecular weight excluding hydrogens is 441 g/mol. The Kier molecular flexibility index (Phi) is 6.84. The molecule has 3 heterocycles. The highest BCUT2D eigenvalue weighted by molar-refractivity contribution is 7.80. The van der Waals surface area contributed by atoms with E-state index in [0.717, 1.165) is 5.57 Å². The van der Waals surface area contributed by atoms with Crippen LogP contribution in [-0.4, -0.2) is 48.3 Å². The molecule has 2 aliphatic rings. The third-order valence-corrected chi connectivity index (χ3v) is 5.90. The van der Waals surface area contributed by atoms with Gasteiger partial charge in [0, 0.05) is 19.3 Å². The number of hydrogen-bond acceptors (Lipinski definition) is 5. The second-order valence-electron chi connectivity index (χ2n) is 7.96. The minimum Gasteiger partial charge on any atom is -0.442 e. The van der Waals surface area contributed by atoms with Gasteiger partial charge in [-0.1, -0.05) is 23.9 Å². The molecule has 170 valence electrons. The van der Waals surface area contributed by atoms with Crippen molar-refractivity contribution >= 4 is 40.4 Å².